The Morgan fingerprint density at radius 2 is 1.77 bits per heavy atom. The van der Waals surface area contributed by atoms with Crippen molar-refractivity contribution < 1.29 is 45.5 Å². The number of ether oxygens (including phenoxy) is 1. The first kappa shape index (κ1) is 35.0. The summed E-state index contributed by atoms with van der Waals surface area (Å²) in [5.41, 5.74) is 4.55. The molecule has 3 atom stereocenters. The molecule has 1 saturated heterocycles. The number of carbonyl (C=O) groups excluding carboxylic acids is 3. The number of amides is 2. The van der Waals surface area contributed by atoms with E-state index in [0.29, 0.717) is 17.9 Å². The Balaban J connectivity index is 1.65. The first-order valence-corrected chi connectivity index (χ1v) is 14.9. The normalized spacial score (nSPS) is 16.5. The van der Waals surface area contributed by atoms with Gasteiger partial charge in [-0.15, -0.1) is 11.8 Å². The van der Waals surface area contributed by atoms with Gasteiger partial charge < -0.3 is 26.0 Å². The lowest BCUT2D eigenvalue weighted by Gasteiger charge is -2.25. The topological polar surface area (TPSA) is 114 Å². The number of carbonyl (C=O) groups is 3. The largest absolute Gasteiger partial charge is 0.464 e. The third-order valence-corrected chi connectivity index (χ3v) is 8.02. The number of rotatable bonds is 12. The van der Waals surface area contributed by atoms with Gasteiger partial charge in [0.2, 0.25) is 5.91 Å². The van der Waals surface area contributed by atoms with E-state index in [1.165, 1.54) is 17.0 Å². The second kappa shape index (κ2) is 15.0. The Kier molecular flexibility index (Phi) is 12.0. The van der Waals surface area contributed by atoms with E-state index in [1.807, 2.05) is 0 Å². The standard InChI is InChI=1S/C29H34F6N4O4S/c1-4-43-28(42)25(15(2)3)38-23-6-5-16(9-19(23)29(33,34)35)14-37-26(41)27-39(7-8-44-27)24(40)12-18(36)10-17-11-21(31)22(32)13-20(17)30/h5-6,9,11,13,15,18,25,27,38H,4,7-8,10,12,14,36H2,1-3H3,(H,37,41)/t18?,25-,27+/m1/s1. The first-order valence-electron chi connectivity index (χ1n) is 13.8. The molecule has 1 heterocycles. The number of halogens is 6. The highest BCUT2D eigenvalue weighted by Crippen LogP contribution is 2.36. The number of alkyl halides is 3. The molecule has 1 aliphatic heterocycles. The lowest BCUT2D eigenvalue weighted by atomic mass is 10.0. The highest BCUT2D eigenvalue weighted by atomic mass is 32.2. The van der Waals surface area contributed by atoms with Gasteiger partial charge in [-0.25, -0.2) is 18.0 Å². The molecule has 4 N–H and O–H groups in total. The molecule has 2 aromatic rings. The van der Waals surface area contributed by atoms with E-state index >= 15 is 0 Å². The van der Waals surface area contributed by atoms with Gasteiger partial charge >= 0.3 is 12.1 Å². The fourth-order valence-electron chi connectivity index (χ4n) is 4.59. The Bertz CT molecular complexity index is 1360. The zero-order valence-electron chi connectivity index (χ0n) is 24.3. The van der Waals surface area contributed by atoms with Crippen LogP contribution >= 0.6 is 11.8 Å². The summed E-state index contributed by atoms with van der Waals surface area (Å²) in [7, 11) is 0. The molecule has 0 bridgehead atoms. The molecule has 15 heteroatoms. The van der Waals surface area contributed by atoms with Crippen molar-refractivity contribution in [2.45, 2.75) is 63.8 Å². The van der Waals surface area contributed by atoms with Crippen LogP contribution in [0.4, 0.5) is 32.0 Å². The first-order chi connectivity index (χ1) is 20.6. The molecule has 0 aliphatic carbocycles. The number of nitrogens with one attached hydrogen (secondary N) is 2. The maximum Gasteiger partial charge on any atom is 0.418 e. The molecule has 1 aliphatic rings. The van der Waals surface area contributed by atoms with Gasteiger partial charge in [-0.05, 0) is 48.6 Å². The Hall–Kier alpha value is -3.46. The van der Waals surface area contributed by atoms with Crippen LogP contribution in [0.15, 0.2) is 30.3 Å². The van der Waals surface area contributed by atoms with Crippen LogP contribution in [0.25, 0.3) is 0 Å². The van der Waals surface area contributed by atoms with Crippen LogP contribution in [0.5, 0.6) is 0 Å². The van der Waals surface area contributed by atoms with Crippen molar-refractivity contribution in [1.29, 1.82) is 0 Å². The third-order valence-electron chi connectivity index (χ3n) is 6.82. The van der Waals surface area contributed by atoms with Crippen molar-refractivity contribution in [2.24, 2.45) is 11.7 Å². The van der Waals surface area contributed by atoms with Crippen molar-refractivity contribution >= 4 is 35.2 Å². The van der Waals surface area contributed by atoms with E-state index in [0.717, 1.165) is 17.8 Å². The van der Waals surface area contributed by atoms with E-state index in [1.54, 1.807) is 20.8 Å². The average Bonchev–Trinajstić information content (AvgIpc) is 3.43. The second-order valence-electron chi connectivity index (χ2n) is 10.5. The number of hydrogen-bond donors (Lipinski definition) is 3. The molecule has 3 rings (SSSR count). The molecule has 0 aromatic heterocycles. The predicted octanol–water partition coefficient (Wildman–Crippen LogP) is 4.60. The van der Waals surface area contributed by atoms with Crippen LogP contribution in [0.1, 0.15) is 43.9 Å². The number of anilines is 1. The van der Waals surface area contributed by atoms with Crippen LogP contribution in [0.2, 0.25) is 0 Å². The lowest BCUT2D eigenvalue weighted by Crippen LogP contribution is -2.46. The van der Waals surface area contributed by atoms with Crippen molar-refractivity contribution in [3.8, 4) is 0 Å². The molecule has 44 heavy (non-hydrogen) atoms. The van der Waals surface area contributed by atoms with E-state index in [-0.39, 0.29) is 55.3 Å². The Labute approximate surface area is 255 Å². The maximum atomic E-state index is 14.0. The van der Waals surface area contributed by atoms with E-state index in [9.17, 15) is 40.7 Å². The third kappa shape index (κ3) is 9.03. The zero-order valence-corrected chi connectivity index (χ0v) is 25.1. The molecule has 2 amide bonds. The van der Waals surface area contributed by atoms with Gasteiger partial charge in [0.25, 0.3) is 5.91 Å². The molecule has 0 radical (unpaired) electrons. The van der Waals surface area contributed by atoms with Gasteiger partial charge in [0, 0.05) is 43.1 Å². The zero-order chi connectivity index (χ0) is 32.8. The molecule has 0 saturated carbocycles. The molecular weight excluding hydrogens is 614 g/mol. The van der Waals surface area contributed by atoms with E-state index in [2.05, 4.69) is 10.6 Å². The summed E-state index contributed by atoms with van der Waals surface area (Å²) < 4.78 is 87.5. The second-order valence-corrected chi connectivity index (χ2v) is 11.7. The van der Waals surface area contributed by atoms with Crippen LogP contribution < -0.4 is 16.4 Å². The summed E-state index contributed by atoms with van der Waals surface area (Å²) in [6, 6.07) is 2.51. The summed E-state index contributed by atoms with van der Waals surface area (Å²) in [5, 5.41) is 4.22. The minimum Gasteiger partial charge on any atom is -0.464 e. The smallest absolute Gasteiger partial charge is 0.418 e. The summed E-state index contributed by atoms with van der Waals surface area (Å²) in [4.78, 5) is 39.4. The predicted molar refractivity (Wildman–Crippen MR) is 153 cm³/mol. The van der Waals surface area contributed by atoms with Crippen LogP contribution in [-0.2, 0) is 38.3 Å². The van der Waals surface area contributed by atoms with Crippen molar-refractivity contribution in [2.75, 3.05) is 24.2 Å². The van der Waals surface area contributed by atoms with Gasteiger partial charge in [0.15, 0.2) is 17.0 Å². The van der Waals surface area contributed by atoms with Gasteiger partial charge in [0.1, 0.15) is 11.9 Å². The quantitative estimate of drug-likeness (QED) is 0.175. The van der Waals surface area contributed by atoms with Gasteiger partial charge in [-0.1, -0.05) is 19.9 Å². The Morgan fingerprint density at radius 3 is 2.41 bits per heavy atom. The number of nitrogens with zero attached hydrogens (tertiary/aromatic N) is 1. The molecular formula is C29H34F6N4O4S. The highest BCUT2D eigenvalue weighted by Gasteiger charge is 2.37. The summed E-state index contributed by atoms with van der Waals surface area (Å²) in [6.45, 7) is 4.92. The number of hydrogen-bond acceptors (Lipinski definition) is 7. The summed E-state index contributed by atoms with van der Waals surface area (Å²) >= 11 is 1.15. The van der Waals surface area contributed by atoms with Gasteiger partial charge in [0.05, 0.1) is 12.2 Å². The average molecular weight is 649 g/mol. The molecule has 242 valence electrons. The van der Waals surface area contributed by atoms with Crippen molar-refractivity contribution in [1.82, 2.24) is 10.2 Å². The van der Waals surface area contributed by atoms with Crippen molar-refractivity contribution in [3.05, 3.63) is 64.5 Å². The van der Waals surface area contributed by atoms with E-state index < -0.39 is 64.4 Å². The van der Waals surface area contributed by atoms with Crippen LogP contribution in [0.3, 0.4) is 0 Å². The SMILES string of the molecule is CCOC(=O)[C@H](Nc1ccc(CNC(=O)[C@@H]2SCCN2C(=O)CC(N)Cc2cc(F)c(F)cc2F)cc1C(F)(F)F)C(C)C. The molecule has 2 aromatic carbocycles. The summed E-state index contributed by atoms with van der Waals surface area (Å²) in [6.07, 6.45) is -5.34. The minimum absolute atomic E-state index is 0.0702. The minimum atomic E-state index is -4.77. The monoisotopic (exact) mass is 648 g/mol. The number of thioether (sulfide) groups is 1. The number of benzene rings is 2. The maximum absolute atomic E-state index is 14.0. The van der Waals surface area contributed by atoms with Crippen molar-refractivity contribution in [3.63, 3.8) is 0 Å². The van der Waals surface area contributed by atoms with Crippen LogP contribution in [-0.4, -0.2) is 59.0 Å². The highest BCUT2D eigenvalue weighted by molar-refractivity contribution is 8.00. The fourth-order valence-corrected chi connectivity index (χ4v) is 5.76. The van der Waals surface area contributed by atoms with Gasteiger partial charge in [-0.2, -0.15) is 13.2 Å². The molecule has 0 spiro atoms. The molecule has 1 fully saturated rings. The number of esters is 1. The molecule has 1 unspecified atom stereocenters. The fraction of sp³-hybridized carbons (Fsp3) is 0.483. The van der Waals surface area contributed by atoms with Crippen LogP contribution in [0, 0.1) is 23.4 Å². The number of nitrogens with two attached hydrogens (primary N) is 1. The lowest BCUT2D eigenvalue weighted by molar-refractivity contribution is -0.145. The Morgan fingerprint density at radius 1 is 1.09 bits per heavy atom. The van der Waals surface area contributed by atoms with E-state index in [4.69, 9.17) is 10.5 Å². The molecule has 8 nitrogen and oxygen atoms in total. The van der Waals surface area contributed by atoms with Gasteiger partial charge in [-0.3, -0.25) is 9.59 Å². The summed E-state index contributed by atoms with van der Waals surface area (Å²) in [5.74, 6) is -5.39.